The van der Waals surface area contributed by atoms with E-state index >= 15 is 0 Å². The third kappa shape index (κ3) is 4.86. The quantitative estimate of drug-likeness (QED) is 0.756. The maximum atomic E-state index is 11.8. The Balaban J connectivity index is 2.65. The smallest absolute Gasteiger partial charge is 0.312 e. The summed E-state index contributed by atoms with van der Waals surface area (Å²) < 4.78 is 0. The number of urea groups is 1. The summed E-state index contributed by atoms with van der Waals surface area (Å²) in [7, 11) is 0. The Labute approximate surface area is 107 Å². The van der Waals surface area contributed by atoms with Crippen molar-refractivity contribution in [2.75, 3.05) is 0 Å². The van der Waals surface area contributed by atoms with Gasteiger partial charge in [-0.3, -0.25) is 4.79 Å². The lowest BCUT2D eigenvalue weighted by atomic mass is 10.1. The molecule has 0 bridgehead atoms. The molecule has 0 saturated carbocycles. The molecule has 5 nitrogen and oxygen atoms in total. The fourth-order valence-corrected chi connectivity index (χ4v) is 1.38. The van der Waals surface area contributed by atoms with Gasteiger partial charge in [0.1, 0.15) is 0 Å². The highest BCUT2D eigenvalue weighted by atomic mass is 16.2. The van der Waals surface area contributed by atoms with Crippen molar-refractivity contribution in [1.29, 1.82) is 0 Å². The van der Waals surface area contributed by atoms with E-state index in [1.54, 1.807) is 24.3 Å². The van der Waals surface area contributed by atoms with Crippen LogP contribution in [0, 0.1) is 0 Å². The molecule has 0 fully saturated rings. The molecule has 5 heteroatoms. The number of amides is 3. The van der Waals surface area contributed by atoms with Crippen molar-refractivity contribution in [3.8, 4) is 0 Å². The number of hydrogen-bond donors (Lipinski definition) is 3. The maximum absolute atomic E-state index is 11.8. The number of carbonyl (C=O) groups is 2. The first-order valence-corrected chi connectivity index (χ1v) is 5.73. The van der Waals surface area contributed by atoms with Gasteiger partial charge in [-0.05, 0) is 38.5 Å². The second-order valence-corrected chi connectivity index (χ2v) is 5.12. The molecule has 1 rings (SSSR count). The number of nitrogens with one attached hydrogen (secondary N) is 2. The number of benzene rings is 1. The molecule has 18 heavy (non-hydrogen) atoms. The molecule has 0 unspecified atom stereocenters. The third-order valence-corrected chi connectivity index (χ3v) is 2.17. The Kier molecular flexibility index (Phi) is 4.31. The lowest BCUT2D eigenvalue weighted by Crippen LogP contribution is -2.40. The molecule has 0 atom stereocenters. The van der Waals surface area contributed by atoms with E-state index in [0.29, 0.717) is 12.1 Å². The number of nitrogens with two attached hydrogens (primary N) is 1. The van der Waals surface area contributed by atoms with E-state index in [1.807, 2.05) is 20.8 Å². The second-order valence-electron chi connectivity index (χ2n) is 5.12. The van der Waals surface area contributed by atoms with Crippen LogP contribution < -0.4 is 16.4 Å². The average Bonchev–Trinajstić information content (AvgIpc) is 2.24. The molecule has 1 aromatic carbocycles. The Morgan fingerprint density at radius 2 is 1.72 bits per heavy atom. The maximum Gasteiger partial charge on any atom is 0.312 e. The van der Waals surface area contributed by atoms with Gasteiger partial charge in [0.05, 0.1) is 0 Å². The molecule has 98 valence electrons. The van der Waals surface area contributed by atoms with E-state index < -0.39 is 6.03 Å². The van der Waals surface area contributed by atoms with Crippen LogP contribution in [0.4, 0.5) is 4.79 Å². The fraction of sp³-hybridized carbons (Fsp3) is 0.385. The molecule has 1 aromatic rings. The highest BCUT2D eigenvalue weighted by molar-refractivity contribution is 5.94. The van der Waals surface area contributed by atoms with Crippen LogP contribution in [-0.4, -0.2) is 17.5 Å². The minimum Gasteiger partial charge on any atom is -0.352 e. The Hall–Kier alpha value is -2.04. The summed E-state index contributed by atoms with van der Waals surface area (Å²) in [5.74, 6) is -0.114. The van der Waals surface area contributed by atoms with Crippen LogP contribution in [0.3, 0.4) is 0 Å². The molecule has 0 spiro atoms. The largest absolute Gasteiger partial charge is 0.352 e. The molecule has 0 radical (unpaired) electrons. The number of primary amides is 1. The van der Waals surface area contributed by atoms with Gasteiger partial charge in [0.2, 0.25) is 0 Å². The average molecular weight is 249 g/mol. The molecule has 0 aliphatic heterocycles. The first-order valence-electron chi connectivity index (χ1n) is 5.73. The van der Waals surface area contributed by atoms with Gasteiger partial charge >= 0.3 is 6.03 Å². The van der Waals surface area contributed by atoms with Crippen molar-refractivity contribution in [3.63, 3.8) is 0 Å². The summed E-state index contributed by atoms with van der Waals surface area (Å²) in [5, 5.41) is 5.36. The van der Waals surface area contributed by atoms with Crippen LogP contribution in [-0.2, 0) is 6.54 Å². The molecule has 0 aromatic heterocycles. The number of carbonyl (C=O) groups excluding carboxylic acids is 2. The standard InChI is InChI=1S/C13H19N3O2/c1-13(2,3)16-11(17)10-6-4-9(5-7-10)8-15-12(14)18/h4-7H,8H2,1-3H3,(H,16,17)(H3,14,15,18). The van der Waals surface area contributed by atoms with E-state index in [9.17, 15) is 9.59 Å². The molecule has 0 saturated heterocycles. The Bertz CT molecular complexity index is 433. The van der Waals surface area contributed by atoms with Crippen LogP contribution in [0.25, 0.3) is 0 Å². The van der Waals surface area contributed by atoms with Gasteiger partial charge in [-0.15, -0.1) is 0 Å². The van der Waals surface area contributed by atoms with Crippen molar-refractivity contribution in [2.45, 2.75) is 32.9 Å². The highest BCUT2D eigenvalue weighted by Crippen LogP contribution is 2.07. The number of rotatable bonds is 3. The zero-order valence-electron chi connectivity index (χ0n) is 10.9. The van der Waals surface area contributed by atoms with Crippen LogP contribution in [0.2, 0.25) is 0 Å². The number of hydrogen-bond acceptors (Lipinski definition) is 2. The van der Waals surface area contributed by atoms with Crippen molar-refractivity contribution in [2.24, 2.45) is 5.73 Å². The fourth-order valence-electron chi connectivity index (χ4n) is 1.38. The van der Waals surface area contributed by atoms with E-state index in [0.717, 1.165) is 5.56 Å². The molecule has 0 aliphatic carbocycles. The summed E-state index contributed by atoms with van der Waals surface area (Å²) in [4.78, 5) is 22.4. The predicted molar refractivity (Wildman–Crippen MR) is 70.1 cm³/mol. The predicted octanol–water partition coefficient (Wildman–Crippen LogP) is 1.38. The van der Waals surface area contributed by atoms with Gasteiger partial charge in [-0.2, -0.15) is 0 Å². The molecule has 4 N–H and O–H groups in total. The normalized spacial score (nSPS) is 10.8. The summed E-state index contributed by atoms with van der Waals surface area (Å²) in [5.41, 5.74) is 6.19. The van der Waals surface area contributed by atoms with Crippen molar-refractivity contribution >= 4 is 11.9 Å². The lowest BCUT2D eigenvalue weighted by Gasteiger charge is -2.20. The summed E-state index contributed by atoms with van der Waals surface area (Å²) in [6, 6.07) is 6.45. The van der Waals surface area contributed by atoms with Gasteiger partial charge < -0.3 is 16.4 Å². The van der Waals surface area contributed by atoms with Crippen molar-refractivity contribution < 1.29 is 9.59 Å². The minimum absolute atomic E-state index is 0.114. The molecule has 0 aliphatic rings. The topological polar surface area (TPSA) is 84.2 Å². The minimum atomic E-state index is -0.565. The zero-order valence-corrected chi connectivity index (χ0v) is 10.9. The third-order valence-electron chi connectivity index (χ3n) is 2.17. The van der Waals surface area contributed by atoms with Crippen LogP contribution >= 0.6 is 0 Å². The van der Waals surface area contributed by atoms with Crippen LogP contribution in [0.15, 0.2) is 24.3 Å². The van der Waals surface area contributed by atoms with Crippen LogP contribution in [0.5, 0.6) is 0 Å². The second kappa shape index (κ2) is 5.53. The first kappa shape index (κ1) is 14.0. The summed E-state index contributed by atoms with van der Waals surface area (Å²) >= 11 is 0. The summed E-state index contributed by atoms with van der Waals surface area (Å²) in [6.45, 7) is 6.14. The zero-order chi connectivity index (χ0) is 13.8. The van der Waals surface area contributed by atoms with Gasteiger partial charge in [-0.25, -0.2) is 4.79 Å². The highest BCUT2D eigenvalue weighted by Gasteiger charge is 2.14. The van der Waals surface area contributed by atoms with E-state index in [4.69, 9.17) is 5.73 Å². The van der Waals surface area contributed by atoms with E-state index in [-0.39, 0.29) is 11.4 Å². The Morgan fingerprint density at radius 1 is 1.17 bits per heavy atom. The van der Waals surface area contributed by atoms with E-state index in [2.05, 4.69) is 10.6 Å². The van der Waals surface area contributed by atoms with Gasteiger partial charge in [-0.1, -0.05) is 12.1 Å². The molecule has 3 amide bonds. The lowest BCUT2D eigenvalue weighted by molar-refractivity contribution is 0.0919. The SMILES string of the molecule is CC(C)(C)NC(=O)c1ccc(CNC(N)=O)cc1. The van der Waals surface area contributed by atoms with Gasteiger partial charge in [0, 0.05) is 17.6 Å². The van der Waals surface area contributed by atoms with Crippen molar-refractivity contribution in [3.05, 3.63) is 35.4 Å². The van der Waals surface area contributed by atoms with Crippen molar-refractivity contribution in [1.82, 2.24) is 10.6 Å². The summed E-state index contributed by atoms with van der Waals surface area (Å²) in [6.07, 6.45) is 0. The first-order chi connectivity index (χ1) is 8.28. The monoisotopic (exact) mass is 249 g/mol. The Morgan fingerprint density at radius 3 is 2.17 bits per heavy atom. The van der Waals surface area contributed by atoms with Gasteiger partial charge in [0.15, 0.2) is 0 Å². The van der Waals surface area contributed by atoms with E-state index in [1.165, 1.54) is 0 Å². The molecule has 0 heterocycles. The molecular weight excluding hydrogens is 230 g/mol. The van der Waals surface area contributed by atoms with Crippen LogP contribution in [0.1, 0.15) is 36.7 Å². The van der Waals surface area contributed by atoms with Gasteiger partial charge in [0.25, 0.3) is 5.91 Å². The molecular formula is C13H19N3O2.